The molecule has 2 heterocycles. The van der Waals surface area contributed by atoms with Gasteiger partial charge in [0.05, 0.1) is 17.5 Å². The summed E-state index contributed by atoms with van der Waals surface area (Å²) < 4.78 is 50.7. The zero-order chi connectivity index (χ0) is 20.1. The topological polar surface area (TPSA) is 56.6 Å². The predicted molar refractivity (Wildman–Crippen MR) is 97.1 cm³/mol. The second-order valence-electron chi connectivity index (χ2n) is 6.61. The molecule has 28 heavy (non-hydrogen) atoms. The second kappa shape index (κ2) is 8.74. The minimum atomic E-state index is -4.52. The number of alkyl halides is 3. The van der Waals surface area contributed by atoms with E-state index in [0.29, 0.717) is 6.54 Å². The molecule has 0 spiro atoms. The first kappa shape index (κ1) is 20.3. The molecule has 9 heteroatoms. The van der Waals surface area contributed by atoms with E-state index in [1.807, 2.05) is 0 Å². The number of nitrogens with zero attached hydrogens (tertiary/aromatic N) is 3. The van der Waals surface area contributed by atoms with E-state index < -0.39 is 11.7 Å². The fourth-order valence-corrected chi connectivity index (χ4v) is 3.21. The van der Waals surface area contributed by atoms with Gasteiger partial charge in [-0.25, -0.2) is 4.98 Å². The molecule has 1 aromatic heterocycles. The van der Waals surface area contributed by atoms with E-state index in [0.717, 1.165) is 44.6 Å². The van der Waals surface area contributed by atoms with Crippen LogP contribution in [0.5, 0.6) is 5.75 Å². The van der Waals surface area contributed by atoms with Crippen LogP contribution < -0.4 is 10.3 Å². The molecule has 1 saturated heterocycles. The van der Waals surface area contributed by atoms with Crippen molar-refractivity contribution in [3.8, 4) is 16.9 Å². The minimum Gasteiger partial charge on any atom is -0.467 e. The molecule has 0 amide bonds. The van der Waals surface area contributed by atoms with Crippen LogP contribution in [0, 0.1) is 0 Å². The third kappa shape index (κ3) is 4.71. The molecule has 1 aliphatic heterocycles. The van der Waals surface area contributed by atoms with E-state index in [2.05, 4.69) is 9.88 Å². The van der Waals surface area contributed by atoms with Gasteiger partial charge in [0.2, 0.25) is 0 Å². The first-order valence-corrected chi connectivity index (χ1v) is 9.00. The summed E-state index contributed by atoms with van der Waals surface area (Å²) in [6.07, 6.45) is 0.574. The third-order valence-electron chi connectivity index (χ3n) is 4.69. The van der Waals surface area contributed by atoms with Gasteiger partial charge in [0.15, 0.2) is 6.79 Å². The Morgan fingerprint density at radius 2 is 1.89 bits per heavy atom. The van der Waals surface area contributed by atoms with E-state index in [-0.39, 0.29) is 29.2 Å². The highest BCUT2D eigenvalue weighted by Crippen LogP contribution is 2.36. The van der Waals surface area contributed by atoms with Gasteiger partial charge in [0.25, 0.3) is 5.56 Å². The Balaban J connectivity index is 1.93. The number of benzene rings is 1. The molecule has 3 rings (SSSR count). The Morgan fingerprint density at radius 1 is 1.14 bits per heavy atom. The summed E-state index contributed by atoms with van der Waals surface area (Å²) in [6, 6.07) is 3.03. The smallest absolute Gasteiger partial charge is 0.416 e. The van der Waals surface area contributed by atoms with Crippen molar-refractivity contribution in [2.24, 2.45) is 0 Å². The second-order valence-corrected chi connectivity index (χ2v) is 6.61. The maximum absolute atomic E-state index is 13.0. The lowest BCUT2D eigenvalue weighted by atomic mass is 10.0. The molecule has 0 unspecified atom stereocenters. The number of likely N-dealkylation sites (tertiary alicyclic amines) is 1. The summed E-state index contributed by atoms with van der Waals surface area (Å²) in [4.78, 5) is 19.2. The lowest BCUT2D eigenvalue weighted by Gasteiger charge is -2.17. The number of aromatic nitrogens is 2. The lowest BCUT2D eigenvalue weighted by molar-refractivity contribution is -0.137. The summed E-state index contributed by atoms with van der Waals surface area (Å²) in [5, 5.41) is 0. The number of hydrogen-bond donors (Lipinski definition) is 0. The van der Waals surface area contributed by atoms with Crippen molar-refractivity contribution in [3.63, 3.8) is 0 Å². The summed E-state index contributed by atoms with van der Waals surface area (Å²) >= 11 is 0. The molecule has 0 radical (unpaired) electrons. The van der Waals surface area contributed by atoms with Crippen LogP contribution in [0.4, 0.5) is 13.2 Å². The number of rotatable bonds is 7. The van der Waals surface area contributed by atoms with Gasteiger partial charge < -0.3 is 14.4 Å². The summed E-state index contributed by atoms with van der Waals surface area (Å²) in [7, 11) is 1.36. The average molecular weight is 397 g/mol. The van der Waals surface area contributed by atoms with Gasteiger partial charge in [0, 0.05) is 32.0 Å². The molecule has 1 fully saturated rings. The molecule has 2 aromatic rings. The van der Waals surface area contributed by atoms with E-state index >= 15 is 0 Å². The van der Waals surface area contributed by atoms with Crippen LogP contribution in [0.1, 0.15) is 18.4 Å². The molecule has 0 atom stereocenters. The van der Waals surface area contributed by atoms with Crippen LogP contribution >= 0.6 is 0 Å². The monoisotopic (exact) mass is 397 g/mol. The summed E-state index contributed by atoms with van der Waals surface area (Å²) in [5.41, 5.74) is -0.751. The van der Waals surface area contributed by atoms with Gasteiger partial charge >= 0.3 is 6.18 Å². The summed E-state index contributed by atoms with van der Waals surface area (Å²) in [6.45, 7) is 2.98. The van der Waals surface area contributed by atoms with Crippen LogP contribution in [0.3, 0.4) is 0 Å². The van der Waals surface area contributed by atoms with E-state index in [1.165, 1.54) is 30.3 Å². The van der Waals surface area contributed by atoms with Crippen molar-refractivity contribution in [2.75, 3.05) is 33.5 Å². The lowest BCUT2D eigenvalue weighted by Crippen LogP contribution is -2.30. The number of ether oxygens (including phenoxy) is 2. The summed E-state index contributed by atoms with van der Waals surface area (Å²) in [5.74, 6) is -0.0760. The minimum absolute atomic E-state index is 0.0760. The molecule has 0 N–H and O–H groups in total. The van der Waals surface area contributed by atoms with E-state index in [9.17, 15) is 18.0 Å². The molecule has 1 aromatic carbocycles. The predicted octanol–water partition coefficient (Wildman–Crippen LogP) is 3.01. The maximum Gasteiger partial charge on any atom is 0.416 e. The van der Waals surface area contributed by atoms with Gasteiger partial charge in [-0.2, -0.15) is 13.2 Å². The van der Waals surface area contributed by atoms with Crippen molar-refractivity contribution in [2.45, 2.75) is 25.6 Å². The fourth-order valence-electron chi connectivity index (χ4n) is 3.21. The SMILES string of the molecule is COCOc1cc(C(F)(F)F)ccc1-c1cncn(CCN2CCCC2)c1=O. The maximum atomic E-state index is 13.0. The normalized spacial score (nSPS) is 15.1. The van der Waals surface area contributed by atoms with Crippen molar-refractivity contribution in [1.29, 1.82) is 0 Å². The molecule has 0 aliphatic carbocycles. The first-order valence-electron chi connectivity index (χ1n) is 9.00. The van der Waals surface area contributed by atoms with Crippen LogP contribution in [0.15, 0.2) is 35.5 Å². The van der Waals surface area contributed by atoms with Crippen molar-refractivity contribution >= 4 is 0 Å². The van der Waals surface area contributed by atoms with E-state index in [4.69, 9.17) is 9.47 Å². The van der Waals surface area contributed by atoms with Crippen LogP contribution in [-0.4, -0.2) is 48.0 Å². The Labute approximate surface area is 160 Å². The zero-order valence-corrected chi connectivity index (χ0v) is 15.5. The Kier molecular flexibility index (Phi) is 6.35. The molecule has 152 valence electrons. The Hall–Kier alpha value is -2.39. The number of hydrogen-bond acceptors (Lipinski definition) is 5. The Bertz CT molecular complexity index is 861. The van der Waals surface area contributed by atoms with Crippen molar-refractivity contribution < 1.29 is 22.6 Å². The molecule has 0 saturated carbocycles. The van der Waals surface area contributed by atoms with Gasteiger partial charge in [0.1, 0.15) is 5.75 Å². The average Bonchev–Trinajstić information content (AvgIpc) is 3.18. The third-order valence-corrected chi connectivity index (χ3v) is 4.69. The van der Waals surface area contributed by atoms with Crippen LogP contribution in [-0.2, 0) is 17.5 Å². The molecule has 1 aliphatic rings. The molecular formula is C19H22F3N3O3. The van der Waals surface area contributed by atoms with Crippen molar-refractivity contribution in [3.05, 3.63) is 46.6 Å². The molecule has 6 nitrogen and oxygen atoms in total. The fraction of sp³-hybridized carbons (Fsp3) is 0.474. The highest BCUT2D eigenvalue weighted by Gasteiger charge is 2.31. The van der Waals surface area contributed by atoms with Crippen molar-refractivity contribution in [1.82, 2.24) is 14.5 Å². The highest BCUT2D eigenvalue weighted by atomic mass is 19.4. The number of methoxy groups -OCH3 is 1. The van der Waals surface area contributed by atoms with E-state index in [1.54, 1.807) is 0 Å². The van der Waals surface area contributed by atoms with Crippen LogP contribution in [0.2, 0.25) is 0 Å². The van der Waals surface area contributed by atoms with Gasteiger partial charge in [-0.3, -0.25) is 9.36 Å². The standard InChI is InChI=1S/C19H22F3N3O3/c1-27-13-28-17-10-14(19(20,21)22)4-5-15(17)16-11-23-12-25(18(16)26)9-8-24-6-2-3-7-24/h4-5,10-12H,2-3,6-9,13H2,1H3. The Morgan fingerprint density at radius 3 is 2.57 bits per heavy atom. The van der Waals surface area contributed by atoms with Gasteiger partial charge in [-0.1, -0.05) is 0 Å². The largest absolute Gasteiger partial charge is 0.467 e. The molecular weight excluding hydrogens is 375 g/mol. The molecule has 0 bridgehead atoms. The quantitative estimate of drug-likeness (QED) is 0.673. The zero-order valence-electron chi connectivity index (χ0n) is 15.5. The van der Waals surface area contributed by atoms with Crippen LogP contribution in [0.25, 0.3) is 11.1 Å². The highest BCUT2D eigenvalue weighted by molar-refractivity contribution is 5.69. The van der Waals surface area contributed by atoms with Gasteiger partial charge in [-0.05, 0) is 44.1 Å². The number of halogens is 3. The first-order chi connectivity index (χ1) is 13.4. The van der Waals surface area contributed by atoms with Gasteiger partial charge in [-0.15, -0.1) is 0 Å².